The number of rotatable bonds is 7. The van der Waals surface area contributed by atoms with Gasteiger partial charge in [-0.2, -0.15) is 0 Å². The number of amides is 2. The number of hydrogen-bond acceptors (Lipinski definition) is 2. The maximum absolute atomic E-state index is 13.0. The van der Waals surface area contributed by atoms with E-state index in [0.29, 0.717) is 23.1 Å². The van der Waals surface area contributed by atoms with Crippen LogP contribution in [0.2, 0.25) is 10.0 Å². The fourth-order valence-corrected chi connectivity index (χ4v) is 3.20. The van der Waals surface area contributed by atoms with Gasteiger partial charge in [-0.25, -0.2) is 0 Å². The average Bonchev–Trinajstić information content (AvgIpc) is 2.64. The van der Waals surface area contributed by atoms with Gasteiger partial charge in [0.05, 0.1) is 16.5 Å². The first-order chi connectivity index (χ1) is 12.8. The summed E-state index contributed by atoms with van der Waals surface area (Å²) in [6.07, 6.45) is 0.136. The molecule has 2 aromatic carbocycles. The molecule has 0 heterocycles. The summed E-state index contributed by atoms with van der Waals surface area (Å²) in [7, 11) is 0. The molecule has 4 nitrogen and oxygen atoms in total. The molecule has 2 aromatic rings. The first-order valence-corrected chi connectivity index (χ1v) is 10.1. The van der Waals surface area contributed by atoms with Gasteiger partial charge < -0.3 is 10.2 Å². The van der Waals surface area contributed by atoms with Gasteiger partial charge in [0.1, 0.15) is 6.04 Å². The minimum atomic E-state index is -0.594. The Bertz CT molecular complexity index is 812. The van der Waals surface area contributed by atoms with Crippen molar-refractivity contribution in [1.29, 1.82) is 0 Å². The van der Waals surface area contributed by atoms with Crippen LogP contribution in [0.4, 0.5) is 0 Å². The van der Waals surface area contributed by atoms with E-state index < -0.39 is 6.04 Å². The topological polar surface area (TPSA) is 49.4 Å². The van der Waals surface area contributed by atoms with E-state index in [-0.39, 0.29) is 18.2 Å². The van der Waals surface area contributed by atoms with E-state index in [9.17, 15) is 9.59 Å². The minimum Gasteiger partial charge on any atom is -0.355 e. The van der Waals surface area contributed by atoms with Gasteiger partial charge in [0.25, 0.3) is 0 Å². The molecule has 0 spiro atoms. The van der Waals surface area contributed by atoms with Crippen LogP contribution in [0.1, 0.15) is 25.0 Å². The molecular weight excluding hydrogens is 451 g/mol. The van der Waals surface area contributed by atoms with Gasteiger partial charge >= 0.3 is 0 Å². The third-order valence-corrected chi connectivity index (χ3v) is 5.39. The number of benzene rings is 2. The van der Waals surface area contributed by atoms with Gasteiger partial charge in [-0.15, -0.1) is 0 Å². The van der Waals surface area contributed by atoms with Crippen molar-refractivity contribution < 1.29 is 9.59 Å². The number of nitrogens with zero attached hydrogens (tertiary/aromatic N) is 1. The molecule has 0 fully saturated rings. The Morgan fingerprint density at radius 2 is 1.70 bits per heavy atom. The first kappa shape index (κ1) is 21.7. The van der Waals surface area contributed by atoms with Crippen LogP contribution >= 0.6 is 39.1 Å². The molecule has 0 saturated heterocycles. The van der Waals surface area contributed by atoms with Crippen LogP contribution < -0.4 is 5.32 Å². The van der Waals surface area contributed by atoms with Crippen molar-refractivity contribution >= 4 is 50.9 Å². The summed E-state index contributed by atoms with van der Waals surface area (Å²) < 4.78 is 0.955. The van der Waals surface area contributed by atoms with E-state index in [2.05, 4.69) is 21.2 Å². The molecule has 27 heavy (non-hydrogen) atoms. The summed E-state index contributed by atoms with van der Waals surface area (Å²) in [5.74, 6) is -0.341. The number of carbonyl (C=O) groups excluding carboxylic acids is 2. The van der Waals surface area contributed by atoms with E-state index in [4.69, 9.17) is 23.2 Å². The summed E-state index contributed by atoms with van der Waals surface area (Å²) in [4.78, 5) is 26.9. The zero-order valence-electron chi connectivity index (χ0n) is 15.1. The van der Waals surface area contributed by atoms with E-state index in [0.717, 1.165) is 15.6 Å². The van der Waals surface area contributed by atoms with Crippen molar-refractivity contribution in [3.8, 4) is 0 Å². The van der Waals surface area contributed by atoms with E-state index in [1.165, 1.54) is 0 Å². The van der Waals surface area contributed by atoms with Gasteiger partial charge in [-0.1, -0.05) is 57.3 Å². The molecular formula is C20H21BrCl2N2O2. The number of carbonyl (C=O) groups is 2. The summed E-state index contributed by atoms with van der Waals surface area (Å²) in [6.45, 7) is 4.43. The van der Waals surface area contributed by atoms with Crippen molar-refractivity contribution in [2.75, 3.05) is 6.54 Å². The highest BCUT2D eigenvalue weighted by Gasteiger charge is 2.26. The molecule has 1 atom stereocenters. The molecule has 2 rings (SSSR count). The minimum absolute atomic E-state index is 0.136. The van der Waals surface area contributed by atoms with Gasteiger partial charge in [0.15, 0.2) is 0 Å². The highest BCUT2D eigenvalue weighted by atomic mass is 79.9. The van der Waals surface area contributed by atoms with Crippen LogP contribution in [0.3, 0.4) is 0 Å². The normalized spacial score (nSPS) is 11.7. The van der Waals surface area contributed by atoms with Crippen LogP contribution in [0.25, 0.3) is 0 Å². The van der Waals surface area contributed by atoms with Crippen molar-refractivity contribution in [2.24, 2.45) is 0 Å². The van der Waals surface area contributed by atoms with Crippen LogP contribution in [0, 0.1) is 0 Å². The molecule has 0 aliphatic heterocycles. The lowest BCUT2D eigenvalue weighted by molar-refractivity contribution is -0.140. The van der Waals surface area contributed by atoms with Crippen molar-refractivity contribution in [3.05, 3.63) is 68.1 Å². The molecule has 0 aliphatic rings. The molecule has 0 bridgehead atoms. The molecule has 0 aliphatic carbocycles. The Balaban J connectivity index is 2.23. The van der Waals surface area contributed by atoms with Crippen molar-refractivity contribution in [3.63, 3.8) is 0 Å². The molecule has 1 N–H and O–H groups in total. The van der Waals surface area contributed by atoms with Gasteiger partial charge in [-0.3, -0.25) is 9.59 Å². The number of likely N-dealkylation sites (N-methyl/N-ethyl adjacent to an activating group) is 1. The summed E-state index contributed by atoms with van der Waals surface area (Å²) in [5, 5.41) is 3.62. The molecule has 1 unspecified atom stereocenters. The first-order valence-electron chi connectivity index (χ1n) is 8.57. The van der Waals surface area contributed by atoms with Crippen LogP contribution in [-0.2, 0) is 22.6 Å². The lowest BCUT2D eigenvalue weighted by Crippen LogP contribution is -2.48. The Morgan fingerprint density at radius 3 is 2.30 bits per heavy atom. The second-order valence-electron chi connectivity index (χ2n) is 6.14. The summed E-state index contributed by atoms with van der Waals surface area (Å²) >= 11 is 15.4. The van der Waals surface area contributed by atoms with Crippen LogP contribution in [0.5, 0.6) is 0 Å². The lowest BCUT2D eigenvalue weighted by Gasteiger charge is -2.29. The Morgan fingerprint density at radius 1 is 1.07 bits per heavy atom. The largest absolute Gasteiger partial charge is 0.355 e. The second-order valence-corrected chi connectivity index (χ2v) is 7.87. The highest BCUT2D eigenvalue weighted by Crippen LogP contribution is 2.23. The Labute approximate surface area is 178 Å². The van der Waals surface area contributed by atoms with Gasteiger partial charge in [0.2, 0.25) is 11.8 Å². The third kappa shape index (κ3) is 6.23. The highest BCUT2D eigenvalue weighted by molar-refractivity contribution is 9.10. The quantitative estimate of drug-likeness (QED) is 0.627. The molecule has 0 saturated carbocycles. The smallest absolute Gasteiger partial charge is 0.242 e. The van der Waals surface area contributed by atoms with Crippen molar-refractivity contribution in [2.45, 2.75) is 32.9 Å². The maximum atomic E-state index is 13.0. The van der Waals surface area contributed by atoms with Gasteiger partial charge in [0, 0.05) is 17.6 Å². The Kier molecular flexibility index (Phi) is 8.14. The van der Waals surface area contributed by atoms with E-state index in [1.807, 2.05) is 31.2 Å². The van der Waals surface area contributed by atoms with E-state index >= 15 is 0 Å². The van der Waals surface area contributed by atoms with E-state index in [1.54, 1.807) is 30.0 Å². The fraction of sp³-hybridized carbons (Fsp3) is 0.300. The maximum Gasteiger partial charge on any atom is 0.242 e. The monoisotopic (exact) mass is 470 g/mol. The number of hydrogen-bond donors (Lipinski definition) is 1. The fourth-order valence-electron chi connectivity index (χ4n) is 2.62. The SMILES string of the molecule is CCNC(=O)C(C)N(Cc1ccc(Br)cc1)C(=O)Cc1ccc(Cl)c(Cl)c1. The lowest BCUT2D eigenvalue weighted by atomic mass is 10.1. The van der Waals surface area contributed by atoms with Crippen LogP contribution in [0.15, 0.2) is 46.9 Å². The molecule has 144 valence electrons. The zero-order valence-corrected chi connectivity index (χ0v) is 18.2. The number of halogens is 3. The third-order valence-electron chi connectivity index (χ3n) is 4.12. The molecule has 0 aromatic heterocycles. The second kappa shape index (κ2) is 10.1. The molecule has 7 heteroatoms. The molecule has 2 amide bonds. The summed E-state index contributed by atoms with van der Waals surface area (Å²) in [5.41, 5.74) is 1.69. The number of nitrogens with one attached hydrogen (secondary N) is 1. The zero-order chi connectivity index (χ0) is 20.0. The van der Waals surface area contributed by atoms with Crippen molar-refractivity contribution in [1.82, 2.24) is 10.2 Å². The standard InChI is InChI=1S/C20H21BrCl2N2O2/c1-3-24-20(27)13(2)25(12-14-4-7-16(21)8-5-14)19(26)11-15-6-9-17(22)18(23)10-15/h4-10,13H,3,11-12H2,1-2H3,(H,24,27). The Hall–Kier alpha value is -1.56. The predicted molar refractivity (Wildman–Crippen MR) is 113 cm³/mol. The van der Waals surface area contributed by atoms with Crippen LogP contribution in [-0.4, -0.2) is 29.3 Å². The predicted octanol–water partition coefficient (Wildman–Crippen LogP) is 4.85. The van der Waals surface area contributed by atoms with Gasteiger partial charge in [-0.05, 0) is 49.2 Å². The average molecular weight is 472 g/mol. The molecule has 0 radical (unpaired) electrons. The summed E-state index contributed by atoms with van der Waals surface area (Å²) in [6, 6.07) is 12.2.